The molecule has 4 rings (SSSR count). The maximum Gasteiger partial charge on any atom is 0.313 e. The van der Waals surface area contributed by atoms with Crippen LogP contribution in [0.1, 0.15) is 40.0 Å². The predicted octanol–water partition coefficient (Wildman–Crippen LogP) is 2.80. The monoisotopic (exact) mass is 398 g/mol. The molecular weight excluding hydrogens is 364 g/mol. The molecule has 3 aliphatic rings. The van der Waals surface area contributed by atoms with E-state index in [-0.39, 0.29) is 22.8 Å². The van der Waals surface area contributed by atoms with E-state index < -0.39 is 5.91 Å². The highest BCUT2D eigenvalue weighted by molar-refractivity contribution is 6.39. The molecule has 2 amide bonds. The van der Waals surface area contributed by atoms with E-state index >= 15 is 0 Å². The Morgan fingerprint density at radius 2 is 1.66 bits per heavy atom. The molecule has 2 bridgehead atoms. The molecule has 1 aliphatic carbocycles. The second kappa shape index (κ2) is 7.31. The van der Waals surface area contributed by atoms with E-state index in [1.807, 2.05) is 29.2 Å². The molecule has 2 atom stereocenters. The number of nitrogens with zero attached hydrogens (tertiary/aromatic N) is 3. The number of likely N-dealkylation sites (N-methyl/N-ethyl adjacent to an activating group) is 1. The summed E-state index contributed by atoms with van der Waals surface area (Å²) in [6.45, 7) is 11.6. The Hall–Kier alpha value is -2.08. The molecule has 6 nitrogen and oxygen atoms in total. The lowest BCUT2D eigenvalue weighted by atomic mass is 9.65. The summed E-state index contributed by atoms with van der Waals surface area (Å²) in [4.78, 5) is 32.0. The third-order valence-corrected chi connectivity index (χ3v) is 6.86. The van der Waals surface area contributed by atoms with Crippen molar-refractivity contribution in [2.24, 2.45) is 10.8 Å². The van der Waals surface area contributed by atoms with Gasteiger partial charge in [0.1, 0.15) is 0 Å². The molecule has 1 saturated carbocycles. The van der Waals surface area contributed by atoms with Crippen molar-refractivity contribution >= 4 is 23.2 Å². The normalized spacial score (nSPS) is 29.0. The lowest BCUT2D eigenvalue weighted by Crippen LogP contribution is -2.44. The molecule has 1 aromatic rings. The van der Waals surface area contributed by atoms with Gasteiger partial charge in [0, 0.05) is 50.1 Å². The average Bonchev–Trinajstić information content (AvgIpc) is 2.91. The van der Waals surface area contributed by atoms with Crippen LogP contribution in [0.3, 0.4) is 0 Å². The SMILES string of the molecule is CN1CCN(c2ccc(NC(=O)C(=O)N3CC4(C)CC3CC(C)(C)C4)cc2)CC1. The van der Waals surface area contributed by atoms with Gasteiger partial charge in [-0.2, -0.15) is 0 Å². The molecule has 3 fully saturated rings. The molecule has 6 heteroatoms. The third-order valence-electron chi connectivity index (χ3n) is 6.86. The average molecular weight is 399 g/mol. The zero-order chi connectivity index (χ0) is 20.8. The Kier molecular flexibility index (Phi) is 5.09. The smallest absolute Gasteiger partial charge is 0.313 e. The van der Waals surface area contributed by atoms with Crippen molar-refractivity contribution in [3.63, 3.8) is 0 Å². The largest absolute Gasteiger partial charge is 0.369 e. The number of fused-ring (bicyclic) bond motifs is 2. The highest BCUT2D eigenvalue weighted by Crippen LogP contribution is 2.52. The van der Waals surface area contributed by atoms with Crippen LogP contribution in [0.5, 0.6) is 0 Å². The number of benzene rings is 1. The molecule has 29 heavy (non-hydrogen) atoms. The van der Waals surface area contributed by atoms with Crippen molar-refractivity contribution < 1.29 is 9.59 Å². The minimum absolute atomic E-state index is 0.131. The number of rotatable bonds is 2. The van der Waals surface area contributed by atoms with E-state index in [1.54, 1.807) is 0 Å². The summed E-state index contributed by atoms with van der Waals surface area (Å²) in [5, 5.41) is 2.81. The fraction of sp³-hybridized carbons (Fsp3) is 0.652. The van der Waals surface area contributed by atoms with Crippen molar-refractivity contribution in [3.05, 3.63) is 24.3 Å². The zero-order valence-corrected chi connectivity index (χ0v) is 18.2. The Morgan fingerprint density at radius 3 is 2.31 bits per heavy atom. The number of piperazine rings is 1. The minimum atomic E-state index is -0.522. The summed E-state index contributed by atoms with van der Waals surface area (Å²) < 4.78 is 0. The van der Waals surface area contributed by atoms with Crippen molar-refractivity contribution in [1.29, 1.82) is 0 Å². The molecule has 2 unspecified atom stereocenters. The van der Waals surface area contributed by atoms with E-state index in [9.17, 15) is 9.59 Å². The number of amides is 2. The number of carbonyl (C=O) groups excluding carboxylic acids is 2. The number of hydrogen-bond acceptors (Lipinski definition) is 4. The summed E-state index contributed by atoms with van der Waals surface area (Å²) in [6.07, 6.45) is 3.09. The zero-order valence-electron chi connectivity index (χ0n) is 18.2. The van der Waals surface area contributed by atoms with E-state index in [1.165, 1.54) is 0 Å². The van der Waals surface area contributed by atoms with Gasteiger partial charge in [0.05, 0.1) is 0 Å². The van der Waals surface area contributed by atoms with Gasteiger partial charge in [0.25, 0.3) is 0 Å². The number of hydrogen-bond donors (Lipinski definition) is 1. The van der Waals surface area contributed by atoms with Gasteiger partial charge in [-0.05, 0) is 61.4 Å². The Balaban J connectivity index is 1.37. The van der Waals surface area contributed by atoms with Crippen LogP contribution in [0.25, 0.3) is 0 Å². The summed E-state index contributed by atoms with van der Waals surface area (Å²) >= 11 is 0. The first-order valence-electron chi connectivity index (χ1n) is 10.8. The van der Waals surface area contributed by atoms with Crippen LogP contribution in [-0.2, 0) is 9.59 Å². The third kappa shape index (κ3) is 4.27. The molecule has 1 aromatic carbocycles. The second-order valence-corrected chi connectivity index (χ2v) is 10.4. The fourth-order valence-electron chi connectivity index (χ4n) is 5.83. The van der Waals surface area contributed by atoms with E-state index in [2.05, 4.69) is 42.9 Å². The first-order chi connectivity index (χ1) is 13.6. The maximum atomic E-state index is 12.9. The van der Waals surface area contributed by atoms with E-state index in [0.29, 0.717) is 12.2 Å². The molecule has 2 heterocycles. The topological polar surface area (TPSA) is 55.9 Å². The van der Waals surface area contributed by atoms with Crippen molar-refractivity contribution in [2.45, 2.75) is 46.1 Å². The number of nitrogens with one attached hydrogen (secondary N) is 1. The summed E-state index contributed by atoms with van der Waals surface area (Å²) in [5.74, 6) is -0.911. The molecule has 2 saturated heterocycles. The van der Waals surface area contributed by atoms with Crippen molar-refractivity contribution in [1.82, 2.24) is 9.80 Å². The van der Waals surface area contributed by atoms with Crippen LogP contribution in [0.2, 0.25) is 0 Å². The highest BCUT2D eigenvalue weighted by Gasteiger charge is 2.51. The molecule has 0 aromatic heterocycles. The number of carbonyl (C=O) groups is 2. The summed E-state index contributed by atoms with van der Waals surface area (Å²) in [6, 6.07) is 8.02. The van der Waals surface area contributed by atoms with Gasteiger partial charge in [0.15, 0.2) is 0 Å². The fourth-order valence-corrected chi connectivity index (χ4v) is 5.83. The molecule has 0 spiro atoms. The first kappa shape index (κ1) is 20.2. The standard InChI is InChI=1S/C23H34N4O2/c1-22(2)13-19-14-23(3,15-22)16-27(19)21(29)20(28)24-17-5-7-18(8-6-17)26-11-9-25(4)10-12-26/h5-8,19H,9-16H2,1-4H3,(H,24,28). The highest BCUT2D eigenvalue weighted by atomic mass is 16.2. The lowest BCUT2D eigenvalue weighted by Gasteiger charge is -2.39. The quantitative estimate of drug-likeness (QED) is 0.779. The molecule has 2 aliphatic heterocycles. The van der Waals surface area contributed by atoms with Gasteiger partial charge in [-0.1, -0.05) is 20.8 Å². The van der Waals surface area contributed by atoms with Gasteiger partial charge >= 0.3 is 11.8 Å². The van der Waals surface area contributed by atoms with Crippen LogP contribution in [0, 0.1) is 10.8 Å². The number of likely N-dealkylation sites (tertiary alicyclic amines) is 1. The Bertz CT molecular complexity index is 783. The minimum Gasteiger partial charge on any atom is -0.369 e. The summed E-state index contributed by atoms with van der Waals surface area (Å²) in [5.41, 5.74) is 2.19. The van der Waals surface area contributed by atoms with E-state index in [4.69, 9.17) is 0 Å². The van der Waals surface area contributed by atoms with Gasteiger partial charge in [-0.15, -0.1) is 0 Å². The maximum absolute atomic E-state index is 12.9. The lowest BCUT2D eigenvalue weighted by molar-refractivity contribution is -0.144. The number of anilines is 2. The van der Waals surface area contributed by atoms with Gasteiger partial charge in [0.2, 0.25) is 0 Å². The van der Waals surface area contributed by atoms with Crippen LogP contribution < -0.4 is 10.2 Å². The summed E-state index contributed by atoms with van der Waals surface area (Å²) in [7, 11) is 2.14. The van der Waals surface area contributed by atoms with Gasteiger partial charge < -0.3 is 20.0 Å². The van der Waals surface area contributed by atoms with E-state index in [0.717, 1.165) is 51.1 Å². The molecule has 158 valence electrons. The predicted molar refractivity (Wildman–Crippen MR) is 116 cm³/mol. The van der Waals surface area contributed by atoms with Gasteiger partial charge in [-0.3, -0.25) is 9.59 Å². The van der Waals surface area contributed by atoms with Crippen LogP contribution in [-0.4, -0.2) is 67.4 Å². The van der Waals surface area contributed by atoms with Crippen molar-refractivity contribution in [2.75, 3.05) is 50.0 Å². The van der Waals surface area contributed by atoms with Crippen LogP contribution in [0.15, 0.2) is 24.3 Å². The molecule has 0 radical (unpaired) electrons. The van der Waals surface area contributed by atoms with Crippen LogP contribution in [0.4, 0.5) is 11.4 Å². The Labute approximate surface area is 174 Å². The first-order valence-corrected chi connectivity index (χ1v) is 10.8. The Morgan fingerprint density at radius 1 is 1.00 bits per heavy atom. The molecular formula is C23H34N4O2. The van der Waals surface area contributed by atoms with Crippen LogP contribution >= 0.6 is 0 Å². The second-order valence-electron chi connectivity index (χ2n) is 10.4. The molecule has 1 N–H and O–H groups in total. The van der Waals surface area contributed by atoms with Gasteiger partial charge in [-0.25, -0.2) is 0 Å². The van der Waals surface area contributed by atoms with Crippen molar-refractivity contribution in [3.8, 4) is 0 Å².